The largest absolute Gasteiger partial charge is 0.383 e. The van der Waals surface area contributed by atoms with Crippen LogP contribution in [-0.2, 0) is 16.1 Å². The summed E-state index contributed by atoms with van der Waals surface area (Å²) in [5.74, 6) is 0.0106. The van der Waals surface area contributed by atoms with E-state index in [-0.39, 0.29) is 11.8 Å². The summed E-state index contributed by atoms with van der Waals surface area (Å²) in [5.41, 5.74) is 4.76. The Morgan fingerprint density at radius 2 is 1.61 bits per heavy atom. The van der Waals surface area contributed by atoms with Crippen LogP contribution in [0.15, 0.2) is 91.1 Å². The Hall–Kier alpha value is -3.37. The van der Waals surface area contributed by atoms with E-state index in [1.807, 2.05) is 24.3 Å². The van der Waals surface area contributed by atoms with E-state index in [0.717, 1.165) is 12.1 Å². The number of fused-ring (bicyclic) bond motifs is 1. The molecular formula is C27H28N2O2. The number of nitrogens with one attached hydrogen (secondary N) is 1. The van der Waals surface area contributed by atoms with E-state index in [2.05, 4.69) is 76.7 Å². The average molecular weight is 413 g/mol. The van der Waals surface area contributed by atoms with Gasteiger partial charge in [-0.2, -0.15) is 0 Å². The standard InChI is InChI=1S/C27H28N2O2/c1-31-17-16-28-27(30)18-24(22-12-6-3-7-13-22)25-20-29(19-21-10-4-2-5-11-21)26-15-9-8-14-23(25)26/h2-15,20,24H,16-19H2,1H3,(H,28,30). The van der Waals surface area contributed by atoms with Crippen LogP contribution in [0.5, 0.6) is 0 Å². The highest BCUT2D eigenvalue weighted by Crippen LogP contribution is 2.35. The van der Waals surface area contributed by atoms with Gasteiger partial charge in [0.25, 0.3) is 0 Å². The first-order valence-electron chi connectivity index (χ1n) is 10.7. The van der Waals surface area contributed by atoms with E-state index in [1.54, 1.807) is 7.11 Å². The Bertz CT molecular complexity index is 1120. The third kappa shape index (κ3) is 5.04. The minimum atomic E-state index is -0.0225. The van der Waals surface area contributed by atoms with Crippen LogP contribution in [0.1, 0.15) is 29.0 Å². The van der Waals surface area contributed by atoms with Crippen LogP contribution in [0, 0.1) is 0 Å². The van der Waals surface area contributed by atoms with Crippen molar-refractivity contribution in [3.8, 4) is 0 Å². The highest BCUT2D eigenvalue weighted by atomic mass is 16.5. The first-order valence-corrected chi connectivity index (χ1v) is 10.7. The van der Waals surface area contributed by atoms with Crippen molar-refractivity contribution < 1.29 is 9.53 Å². The molecule has 0 bridgehead atoms. The minimum Gasteiger partial charge on any atom is -0.383 e. The molecule has 1 heterocycles. The summed E-state index contributed by atoms with van der Waals surface area (Å²) in [4.78, 5) is 12.7. The molecule has 1 aromatic heterocycles. The van der Waals surface area contributed by atoms with Gasteiger partial charge in [0.2, 0.25) is 5.91 Å². The summed E-state index contributed by atoms with van der Waals surface area (Å²) in [6.07, 6.45) is 2.62. The van der Waals surface area contributed by atoms with E-state index in [0.29, 0.717) is 19.6 Å². The van der Waals surface area contributed by atoms with Crippen LogP contribution in [0.25, 0.3) is 10.9 Å². The molecule has 0 aliphatic heterocycles. The smallest absolute Gasteiger partial charge is 0.221 e. The lowest BCUT2D eigenvalue weighted by Gasteiger charge is -2.17. The average Bonchev–Trinajstić information content (AvgIpc) is 3.17. The number of aromatic nitrogens is 1. The number of methoxy groups -OCH3 is 1. The molecule has 0 aliphatic rings. The summed E-state index contributed by atoms with van der Waals surface area (Å²) < 4.78 is 7.36. The second kappa shape index (κ2) is 10.1. The van der Waals surface area contributed by atoms with Crippen LogP contribution in [-0.4, -0.2) is 30.7 Å². The number of carbonyl (C=O) groups excluding carboxylic acids is 1. The van der Waals surface area contributed by atoms with Gasteiger partial charge in [-0.25, -0.2) is 0 Å². The monoisotopic (exact) mass is 412 g/mol. The zero-order chi connectivity index (χ0) is 21.5. The lowest BCUT2D eigenvalue weighted by Crippen LogP contribution is -2.28. The maximum Gasteiger partial charge on any atom is 0.221 e. The number of hydrogen-bond donors (Lipinski definition) is 1. The summed E-state index contributed by atoms with van der Waals surface area (Å²) in [5, 5.41) is 4.17. The topological polar surface area (TPSA) is 43.3 Å². The number of hydrogen-bond acceptors (Lipinski definition) is 2. The Balaban J connectivity index is 1.72. The fraction of sp³-hybridized carbons (Fsp3) is 0.222. The van der Waals surface area contributed by atoms with Crippen molar-refractivity contribution >= 4 is 16.8 Å². The molecule has 4 heteroatoms. The van der Waals surface area contributed by atoms with Crippen LogP contribution < -0.4 is 5.32 Å². The highest BCUT2D eigenvalue weighted by molar-refractivity contribution is 5.86. The first kappa shape index (κ1) is 20.9. The summed E-state index contributed by atoms with van der Waals surface area (Å²) in [7, 11) is 1.64. The van der Waals surface area contributed by atoms with Crippen molar-refractivity contribution in [1.29, 1.82) is 0 Å². The van der Waals surface area contributed by atoms with Gasteiger partial charge in [0, 0.05) is 49.6 Å². The number of nitrogens with zero attached hydrogens (tertiary/aromatic N) is 1. The summed E-state index contributed by atoms with van der Waals surface area (Å²) in [6.45, 7) is 1.83. The van der Waals surface area contributed by atoms with E-state index in [4.69, 9.17) is 4.74 Å². The van der Waals surface area contributed by atoms with Crippen molar-refractivity contribution in [3.63, 3.8) is 0 Å². The number of rotatable bonds is 9. The van der Waals surface area contributed by atoms with Crippen molar-refractivity contribution in [1.82, 2.24) is 9.88 Å². The van der Waals surface area contributed by atoms with Crippen molar-refractivity contribution in [2.45, 2.75) is 18.9 Å². The predicted molar refractivity (Wildman–Crippen MR) is 125 cm³/mol. The van der Waals surface area contributed by atoms with Crippen LogP contribution >= 0.6 is 0 Å². The van der Waals surface area contributed by atoms with Gasteiger partial charge in [-0.05, 0) is 22.8 Å². The second-order valence-corrected chi connectivity index (χ2v) is 7.73. The fourth-order valence-corrected chi connectivity index (χ4v) is 4.11. The van der Waals surface area contributed by atoms with Gasteiger partial charge in [-0.3, -0.25) is 4.79 Å². The molecule has 1 unspecified atom stereocenters. The van der Waals surface area contributed by atoms with E-state index in [1.165, 1.54) is 22.0 Å². The molecule has 0 spiro atoms. The Labute approximate surface area is 183 Å². The fourth-order valence-electron chi connectivity index (χ4n) is 4.11. The minimum absolute atomic E-state index is 0.0225. The maximum absolute atomic E-state index is 12.7. The van der Waals surface area contributed by atoms with Crippen LogP contribution in [0.2, 0.25) is 0 Å². The van der Waals surface area contributed by atoms with Crippen molar-refractivity contribution in [2.75, 3.05) is 20.3 Å². The van der Waals surface area contributed by atoms with Crippen molar-refractivity contribution in [3.05, 3.63) is 108 Å². The number of para-hydroxylation sites is 1. The molecular weight excluding hydrogens is 384 g/mol. The maximum atomic E-state index is 12.7. The molecule has 3 aromatic carbocycles. The number of amides is 1. The summed E-state index contributed by atoms with van der Waals surface area (Å²) in [6, 6.07) is 29.2. The molecule has 0 fully saturated rings. The molecule has 1 atom stereocenters. The van der Waals surface area contributed by atoms with E-state index in [9.17, 15) is 4.79 Å². The van der Waals surface area contributed by atoms with Crippen LogP contribution in [0.3, 0.4) is 0 Å². The molecule has 4 aromatic rings. The third-order valence-corrected chi connectivity index (χ3v) is 5.61. The molecule has 158 valence electrons. The Kier molecular flexibility index (Phi) is 6.80. The van der Waals surface area contributed by atoms with Gasteiger partial charge in [0.05, 0.1) is 6.61 Å². The van der Waals surface area contributed by atoms with Gasteiger partial charge >= 0.3 is 0 Å². The lowest BCUT2D eigenvalue weighted by atomic mass is 9.88. The van der Waals surface area contributed by atoms with Crippen molar-refractivity contribution in [2.24, 2.45) is 0 Å². The number of benzene rings is 3. The zero-order valence-electron chi connectivity index (χ0n) is 17.8. The zero-order valence-corrected chi connectivity index (χ0v) is 17.8. The molecule has 0 aliphatic carbocycles. The Morgan fingerprint density at radius 1 is 0.935 bits per heavy atom. The quantitative estimate of drug-likeness (QED) is 0.394. The lowest BCUT2D eigenvalue weighted by molar-refractivity contribution is -0.121. The van der Waals surface area contributed by atoms with Gasteiger partial charge < -0.3 is 14.6 Å². The van der Waals surface area contributed by atoms with Gasteiger partial charge in [-0.1, -0.05) is 78.9 Å². The predicted octanol–water partition coefficient (Wildman–Crippen LogP) is 4.97. The second-order valence-electron chi connectivity index (χ2n) is 7.73. The van der Waals surface area contributed by atoms with Gasteiger partial charge in [0.15, 0.2) is 0 Å². The Morgan fingerprint density at radius 3 is 2.35 bits per heavy atom. The van der Waals surface area contributed by atoms with Gasteiger partial charge in [0.1, 0.15) is 0 Å². The third-order valence-electron chi connectivity index (χ3n) is 5.61. The summed E-state index contributed by atoms with van der Waals surface area (Å²) >= 11 is 0. The molecule has 4 rings (SSSR count). The molecule has 0 saturated heterocycles. The molecule has 31 heavy (non-hydrogen) atoms. The van der Waals surface area contributed by atoms with Gasteiger partial charge in [-0.15, -0.1) is 0 Å². The first-order chi connectivity index (χ1) is 15.3. The SMILES string of the molecule is COCCNC(=O)CC(c1ccccc1)c1cn(Cc2ccccc2)c2ccccc12. The van der Waals surface area contributed by atoms with Crippen LogP contribution in [0.4, 0.5) is 0 Å². The normalized spacial score (nSPS) is 12.0. The molecule has 1 N–H and O–H groups in total. The molecule has 1 amide bonds. The van der Waals surface area contributed by atoms with E-state index >= 15 is 0 Å². The molecule has 0 saturated carbocycles. The molecule has 0 radical (unpaired) electrons. The number of carbonyl (C=O) groups is 1. The molecule has 4 nitrogen and oxygen atoms in total. The number of ether oxygens (including phenoxy) is 1. The van der Waals surface area contributed by atoms with E-state index < -0.39 is 0 Å². The highest BCUT2D eigenvalue weighted by Gasteiger charge is 2.22.